The van der Waals surface area contributed by atoms with Crippen molar-refractivity contribution in [2.75, 3.05) is 6.54 Å². The summed E-state index contributed by atoms with van der Waals surface area (Å²) in [6, 6.07) is 7.49. The molecule has 0 atom stereocenters. The maximum Gasteiger partial charge on any atom is 0.311 e. The Kier molecular flexibility index (Phi) is 4.75. The first kappa shape index (κ1) is 15.9. The molecule has 0 aliphatic heterocycles. The van der Waals surface area contributed by atoms with Gasteiger partial charge < -0.3 is 10.4 Å². The molecule has 1 amide bonds. The molecule has 0 spiro atoms. The second kappa shape index (κ2) is 6.56. The van der Waals surface area contributed by atoms with E-state index in [9.17, 15) is 14.7 Å². The molecule has 0 aliphatic carbocycles. The Labute approximate surface area is 129 Å². The van der Waals surface area contributed by atoms with Crippen molar-refractivity contribution in [3.05, 3.63) is 42.2 Å². The van der Waals surface area contributed by atoms with E-state index < -0.39 is 11.4 Å². The van der Waals surface area contributed by atoms with E-state index >= 15 is 0 Å². The topological polar surface area (TPSA) is 79.3 Å². The molecule has 1 aromatic carbocycles. The first-order valence-corrected chi connectivity index (χ1v) is 7.38. The molecule has 5 heteroatoms. The fraction of sp³-hybridized carbons (Fsp3) is 0.353. The number of hydrogen-bond acceptors (Lipinski definition) is 3. The number of aliphatic carboxylic acids is 1. The van der Waals surface area contributed by atoms with E-state index in [4.69, 9.17) is 0 Å². The van der Waals surface area contributed by atoms with Gasteiger partial charge in [-0.05, 0) is 18.2 Å². The van der Waals surface area contributed by atoms with Gasteiger partial charge in [-0.2, -0.15) is 0 Å². The van der Waals surface area contributed by atoms with E-state index in [-0.39, 0.29) is 12.5 Å². The lowest BCUT2D eigenvalue weighted by Gasteiger charge is -2.26. The Balaban J connectivity index is 2.23. The third-order valence-corrected chi connectivity index (χ3v) is 4.31. The second-order valence-corrected chi connectivity index (χ2v) is 5.38. The number of pyridine rings is 1. The Bertz CT molecular complexity index is 688. The van der Waals surface area contributed by atoms with Crippen LogP contribution in [0.1, 0.15) is 37.0 Å². The molecule has 22 heavy (non-hydrogen) atoms. The Hall–Kier alpha value is -2.43. The van der Waals surface area contributed by atoms with Crippen LogP contribution >= 0.6 is 0 Å². The largest absolute Gasteiger partial charge is 0.481 e. The smallest absolute Gasteiger partial charge is 0.311 e. The van der Waals surface area contributed by atoms with E-state index in [1.165, 1.54) is 6.20 Å². The van der Waals surface area contributed by atoms with Gasteiger partial charge in [0, 0.05) is 24.3 Å². The van der Waals surface area contributed by atoms with Crippen molar-refractivity contribution in [1.82, 2.24) is 10.3 Å². The molecule has 2 aromatic rings. The number of fused-ring (bicyclic) bond motifs is 1. The minimum Gasteiger partial charge on any atom is -0.481 e. The third kappa shape index (κ3) is 2.93. The van der Waals surface area contributed by atoms with Gasteiger partial charge in [0.1, 0.15) is 0 Å². The normalized spacial score (nSPS) is 11.4. The van der Waals surface area contributed by atoms with Gasteiger partial charge in [0.05, 0.1) is 11.0 Å². The van der Waals surface area contributed by atoms with Crippen LogP contribution in [0.15, 0.2) is 36.7 Å². The first-order valence-electron chi connectivity index (χ1n) is 7.38. The number of aromatic nitrogens is 1. The minimum absolute atomic E-state index is 0.109. The fourth-order valence-corrected chi connectivity index (χ4v) is 2.52. The number of carboxylic acids is 1. The molecule has 2 N–H and O–H groups in total. The Morgan fingerprint density at radius 2 is 1.86 bits per heavy atom. The van der Waals surface area contributed by atoms with Gasteiger partial charge in [0.2, 0.25) is 0 Å². The van der Waals surface area contributed by atoms with Crippen LogP contribution in [0.4, 0.5) is 0 Å². The second-order valence-electron chi connectivity index (χ2n) is 5.38. The molecule has 1 aromatic heterocycles. The number of nitrogens with one attached hydrogen (secondary N) is 1. The molecule has 0 aliphatic rings. The van der Waals surface area contributed by atoms with Gasteiger partial charge in [-0.25, -0.2) is 0 Å². The van der Waals surface area contributed by atoms with Gasteiger partial charge in [0.15, 0.2) is 0 Å². The van der Waals surface area contributed by atoms with Crippen LogP contribution in [0.5, 0.6) is 0 Å². The highest BCUT2D eigenvalue weighted by Crippen LogP contribution is 2.26. The van der Waals surface area contributed by atoms with Gasteiger partial charge in [-0.3, -0.25) is 14.6 Å². The molecule has 0 unspecified atom stereocenters. The lowest BCUT2D eigenvalue weighted by molar-refractivity contribution is -0.149. The average Bonchev–Trinajstić information content (AvgIpc) is 2.55. The highest BCUT2D eigenvalue weighted by molar-refractivity contribution is 6.06. The number of nitrogens with zero attached hydrogens (tertiary/aromatic N) is 1. The van der Waals surface area contributed by atoms with Gasteiger partial charge in [-0.1, -0.05) is 38.1 Å². The molecule has 0 bridgehead atoms. The summed E-state index contributed by atoms with van der Waals surface area (Å²) >= 11 is 0. The summed E-state index contributed by atoms with van der Waals surface area (Å²) in [5.41, 5.74) is -0.460. The molecule has 0 fully saturated rings. The monoisotopic (exact) mass is 300 g/mol. The lowest BCUT2D eigenvalue weighted by atomic mass is 9.82. The summed E-state index contributed by atoms with van der Waals surface area (Å²) in [6.07, 6.45) is 4.14. The van der Waals surface area contributed by atoms with Crippen LogP contribution in [-0.2, 0) is 4.79 Å². The van der Waals surface area contributed by atoms with Gasteiger partial charge in [0.25, 0.3) is 5.91 Å². The van der Waals surface area contributed by atoms with E-state index in [2.05, 4.69) is 10.3 Å². The quantitative estimate of drug-likeness (QED) is 0.859. The average molecular weight is 300 g/mol. The van der Waals surface area contributed by atoms with Gasteiger partial charge in [-0.15, -0.1) is 0 Å². The molecule has 1 heterocycles. The van der Waals surface area contributed by atoms with Crippen LogP contribution in [0.3, 0.4) is 0 Å². The number of carbonyl (C=O) groups is 2. The lowest BCUT2D eigenvalue weighted by Crippen LogP contribution is -2.42. The van der Waals surface area contributed by atoms with Crippen LogP contribution in [0.25, 0.3) is 10.8 Å². The van der Waals surface area contributed by atoms with Crippen LogP contribution in [0, 0.1) is 5.41 Å². The molecular weight excluding hydrogens is 280 g/mol. The number of carboxylic acid groups (broad SMARTS) is 1. The highest BCUT2D eigenvalue weighted by atomic mass is 16.4. The highest BCUT2D eigenvalue weighted by Gasteiger charge is 2.35. The van der Waals surface area contributed by atoms with Crippen molar-refractivity contribution < 1.29 is 14.7 Å². The fourth-order valence-electron chi connectivity index (χ4n) is 2.52. The zero-order chi connectivity index (χ0) is 16.2. The minimum atomic E-state index is -0.923. The SMILES string of the molecule is CCC(CC)(CNC(=O)c1cncc2ccccc12)C(=O)O. The van der Waals surface area contributed by atoms with Crippen molar-refractivity contribution in [2.45, 2.75) is 26.7 Å². The van der Waals surface area contributed by atoms with Crippen LogP contribution in [0.2, 0.25) is 0 Å². The summed E-state index contributed by atoms with van der Waals surface area (Å²) in [7, 11) is 0. The number of rotatable bonds is 6. The number of amides is 1. The van der Waals surface area contributed by atoms with Crippen LogP contribution in [-0.4, -0.2) is 28.5 Å². The Morgan fingerprint density at radius 3 is 2.50 bits per heavy atom. The molecular formula is C17H20N2O3. The Morgan fingerprint density at radius 1 is 1.18 bits per heavy atom. The summed E-state index contributed by atoms with van der Waals surface area (Å²) in [6.45, 7) is 3.75. The third-order valence-electron chi connectivity index (χ3n) is 4.31. The van der Waals surface area contributed by atoms with E-state index in [0.717, 1.165) is 10.8 Å². The maximum atomic E-state index is 12.4. The summed E-state index contributed by atoms with van der Waals surface area (Å²) in [5, 5.41) is 13.9. The van der Waals surface area contributed by atoms with E-state index in [0.29, 0.717) is 18.4 Å². The molecule has 0 saturated carbocycles. The molecule has 0 radical (unpaired) electrons. The zero-order valence-electron chi connectivity index (χ0n) is 12.8. The first-order chi connectivity index (χ1) is 10.5. The number of hydrogen-bond donors (Lipinski definition) is 2. The van der Waals surface area contributed by atoms with Gasteiger partial charge >= 0.3 is 5.97 Å². The number of benzene rings is 1. The van der Waals surface area contributed by atoms with E-state index in [1.807, 2.05) is 38.1 Å². The zero-order valence-corrected chi connectivity index (χ0v) is 12.8. The molecule has 2 rings (SSSR count). The summed E-state index contributed by atoms with van der Waals surface area (Å²) in [5.74, 6) is -1.18. The molecule has 5 nitrogen and oxygen atoms in total. The van der Waals surface area contributed by atoms with E-state index in [1.54, 1.807) is 6.20 Å². The van der Waals surface area contributed by atoms with Crippen molar-refractivity contribution in [3.63, 3.8) is 0 Å². The maximum absolute atomic E-state index is 12.4. The molecule has 116 valence electrons. The van der Waals surface area contributed by atoms with Crippen molar-refractivity contribution >= 4 is 22.6 Å². The van der Waals surface area contributed by atoms with Crippen LogP contribution < -0.4 is 5.32 Å². The number of carbonyl (C=O) groups excluding carboxylic acids is 1. The molecule has 0 saturated heterocycles. The standard InChI is InChI=1S/C17H20N2O3/c1-3-17(4-2,16(21)22)11-19-15(20)14-10-18-9-12-7-5-6-8-13(12)14/h5-10H,3-4,11H2,1-2H3,(H,19,20)(H,21,22). The van der Waals surface area contributed by atoms with Crippen molar-refractivity contribution in [3.8, 4) is 0 Å². The summed E-state index contributed by atoms with van der Waals surface area (Å²) in [4.78, 5) is 28.0. The summed E-state index contributed by atoms with van der Waals surface area (Å²) < 4.78 is 0. The van der Waals surface area contributed by atoms with Crippen molar-refractivity contribution in [1.29, 1.82) is 0 Å². The predicted octanol–water partition coefficient (Wildman–Crippen LogP) is 2.86. The predicted molar refractivity (Wildman–Crippen MR) is 84.7 cm³/mol. The van der Waals surface area contributed by atoms with Crippen molar-refractivity contribution in [2.24, 2.45) is 5.41 Å².